The maximum atomic E-state index is 13.1. The van der Waals surface area contributed by atoms with E-state index in [9.17, 15) is 24.6 Å². The van der Waals surface area contributed by atoms with Crippen molar-refractivity contribution in [2.75, 3.05) is 5.32 Å². The lowest BCUT2D eigenvalue weighted by molar-refractivity contribution is -0.169. The van der Waals surface area contributed by atoms with Gasteiger partial charge in [-0.15, -0.1) is 0 Å². The maximum absolute atomic E-state index is 13.1. The molecule has 6 atom stereocenters. The standard InChI is InChI=1S/C24H27NO7/c1-22(7-6-17(28)25-18-14(26)4-3-13(19(18)29)21(30)31)16(27)5-8-24-10-12-9-15(20(22)24)32-23(12,2)11-24/h3-5,8,12,15,20,26,29H,6-7,9-11H2,1-2H3,(H,25,28)(H,30,31)/t12-,15+,20+,22-,23+,24-/m1/s1. The van der Waals surface area contributed by atoms with Gasteiger partial charge in [0.25, 0.3) is 0 Å². The van der Waals surface area contributed by atoms with Crippen molar-refractivity contribution in [2.24, 2.45) is 22.7 Å². The summed E-state index contributed by atoms with van der Waals surface area (Å²) in [5, 5.41) is 31.7. The summed E-state index contributed by atoms with van der Waals surface area (Å²) < 4.78 is 6.41. The number of aromatic carboxylic acids is 1. The Morgan fingerprint density at radius 2 is 2.00 bits per heavy atom. The van der Waals surface area contributed by atoms with Crippen LogP contribution in [0.1, 0.15) is 56.3 Å². The van der Waals surface area contributed by atoms with E-state index in [1.807, 2.05) is 6.92 Å². The molecule has 2 aliphatic heterocycles. The van der Waals surface area contributed by atoms with E-state index in [2.05, 4.69) is 18.3 Å². The molecule has 0 aromatic heterocycles. The first-order valence-electron chi connectivity index (χ1n) is 11.0. The summed E-state index contributed by atoms with van der Waals surface area (Å²) in [6.07, 6.45) is 6.86. The molecule has 2 saturated carbocycles. The third kappa shape index (κ3) is 2.75. The first-order chi connectivity index (χ1) is 15.0. The van der Waals surface area contributed by atoms with Crippen molar-refractivity contribution in [1.82, 2.24) is 0 Å². The summed E-state index contributed by atoms with van der Waals surface area (Å²) in [7, 11) is 0. The number of aromatic hydroxyl groups is 2. The number of hydrogen-bond acceptors (Lipinski definition) is 6. The molecule has 1 aromatic carbocycles. The van der Waals surface area contributed by atoms with Crippen molar-refractivity contribution in [1.29, 1.82) is 0 Å². The van der Waals surface area contributed by atoms with E-state index in [0.29, 0.717) is 5.92 Å². The second-order valence-corrected chi connectivity index (χ2v) is 10.3. The van der Waals surface area contributed by atoms with Crippen molar-refractivity contribution in [3.8, 4) is 11.5 Å². The summed E-state index contributed by atoms with van der Waals surface area (Å²) in [5.41, 5.74) is -1.75. The number of amides is 1. The van der Waals surface area contributed by atoms with Gasteiger partial charge in [0.2, 0.25) is 5.91 Å². The molecule has 2 saturated heterocycles. The van der Waals surface area contributed by atoms with E-state index >= 15 is 0 Å². The number of phenolic OH excluding ortho intramolecular Hbond substituents is 1. The number of nitrogens with one attached hydrogen (secondary N) is 1. The van der Waals surface area contributed by atoms with Crippen LogP contribution in [0.15, 0.2) is 24.3 Å². The number of hydrogen-bond donors (Lipinski definition) is 4. The highest BCUT2D eigenvalue weighted by molar-refractivity contribution is 6.00. The molecule has 1 spiro atoms. The van der Waals surface area contributed by atoms with Crippen LogP contribution in [0.2, 0.25) is 0 Å². The molecule has 0 unspecified atom stereocenters. The number of anilines is 1. The van der Waals surface area contributed by atoms with Gasteiger partial charge in [-0.1, -0.05) is 13.0 Å². The first kappa shape index (κ1) is 21.0. The van der Waals surface area contributed by atoms with Crippen LogP contribution >= 0.6 is 0 Å². The number of carboxylic acid groups (broad SMARTS) is 1. The summed E-state index contributed by atoms with van der Waals surface area (Å²) in [6.45, 7) is 4.08. The lowest BCUT2D eigenvalue weighted by Crippen LogP contribution is -2.56. The summed E-state index contributed by atoms with van der Waals surface area (Å²) in [6, 6.07) is 2.16. The Hall–Kier alpha value is -2.87. The Kier molecular flexibility index (Phi) is 4.31. The molecule has 32 heavy (non-hydrogen) atoms. The van der Waals surface area contributed by atoms with E-state index in [1.165, 1.54) is 0 Å². The van der Waals surface area contributed by atoms with Gasteiger partial charge in [0.15, 0.2) is 11.5 Å². The number of ether oxygens (including phenoxy) is 1. The number of carboxylic acids is 1. The molecule has 1 amide bonds. The number of benzene rings is 1. The van der Waals surface area contributed by atoms with Crippen molar-refractivity contribution >= 4 is 23.3 Å². The first-order valence-corrected chi connectivity index (χ1v) is 11.0. The largest absolute Gasteiger partial charge is 0.506 e. The molecule has 1 aromatic rings. The zero-order chi connectivity index (χ0) is 23.1. The SMILES string of the molecule is C[C@]12C[C@]34C=CC(=O)[C@@](C)(CCC(=O)Nc5c(O)ccc(C(=O)O)c5O)[C@@H]3[C@H](C[C@@H]1C4)O2. The van der Waals surface area contributed by atoms with Crippen LogP contribution in [-0.2, 0) is 14.3 Å². The van der Waals surface area contributed by atoms with Crippen LogP contribution in [0.3, 0.4) is 0 Å². The summed E-state index contributed by atoms with van der Waals surface area (Å²) >= 11 is 0. The maximum Gasteiger partial charge on any atom is 0.339 e. The smallest absolute Gasteiger partial charge is 0.339 e. The van der Waals surface area contributed by atoms with Crippen LogP contribution < -0.4 is 5.32 Å². The summed E-state index contributed by atoms with van der Waals surface area (Å²) in [4.78, 5) is 37.0. The Morgan fingerprint density at radius 3 is 2.69 bits per heavy atom. The lowest BCUT2D eigenvalue weighted by Gasteiger charge is -2.55. The van der Waals surface area contributed by atoms with E-state index in [4.69, 9.17) is 9.84 Å². The minimum Gasteiger partial charge on any atom is -0.506 e. The van der Waals surface area contributed by atoms with Crippen LogP contribution in [0.5, 0.6) is 11.5 Å². The lowest BCUT2D eigenvalue weighted by atomic mass is 9.51. The van der Waals surface area contributed by atoms with Gasteiger partial charge in [-0.2, -0.15) is 0 Å². The number of ketones is 1. The molecule has 8 nitrogen and oxygen atoms in total. The second-order valence-electron chi connectivity index (χ2n) is 10.3. The van der Waals surface area contributed by atoms with E-state index in [-0.39, 0.29) is 47.4 Å². The molecule has 6 rings (SSSR count). The second kappa shape index (κ2) is 6.57. The highest BCUT2D eigenvalue weighted by atomic mass is 16.5. The Labute approximate surface area is 185 Å². The minimum absolute atomic E-state index is 0.00395. The average molecular weight is 441 g/mol. The Balaban J connectivity index is 1.36. The topological polar surface area (TPSA) is 133 Å². The predicted octanol–water partition coefficient (Wildman–Crippen LogP) is 3.23. The van der Waals surface area contributed by atoms with Gasteiger partial charge in [0.1, 0.15) is 17.0 Å². The molecule has 4 N–H and O–H groups in total. The number of allylic oxidation sites excluding steroid dienone is 2. The normalized spacial score (nSPS) is 38.7. The molecule has 8 heteroatoms. The molecule has 170 valence electrons. The number of carbonyl (C=O) groups excluding carboxylic acids is 2. The molecule has 0 radical (unpaired) electrons. The minimum atomic E-state index is -1.38. The molecule has 4 bridgehead atoms. The van der Waals surface area contributed by atoms with Gasteiger partial charge in [-0.25, -0.2) is 4.79 Å². The van der Waals surface area contributed by atoms with Crippen LogP contribution in [0.25, 0.3) is 0 Å². The molecule has 4 fully saturated rings. The fourth-order valence-electron chi connectivity index (χ4n) is 7.09. The number of carbonyl (C=O) groups is 3. The highest BCUT2D eigenvalue weighted by Crippen LogP contribution is 2.71. The average Bonchev–Trinajstić information content (AvgIpc) is 3.08. The van der Waals surface area contributed by atoms with Crippen molar-refractivity contribution in [2.45, 2.75) is 57.7 Å². The van der Waals surface area contributed by atoms with Crippen LogP contribution in [-0.4, -0.2) is 44.7 Å². The van der Waals surface area contributed by atoms with Gasteiger partial charge in [0.05, 0.1) is 11.7 Å². The van der Waals surface area contributed by atoms with Crippen molar-refractivity contribution in [3.05, 3.63) is 29.8 Å². The van der Waals surface area contributed by atoms with Crippen LogP contribution in [0.4, 0.5) is 5.69 Å². The molecular weight excluding hydrogens is 414 g/mol. The zero-order valence-electron chi connectivity index (χ0n) is 18.1. The summed E-state index contributed by atoms with van der Waals surface area (Å²) in [5.74, 6) is -2.55. The number of phenols is 2. The van der Waals surface area contributed by atoms with Gasteiger partial charge < -0.3 is 25.4 Å². The third-order valence-corrected chi connectivity index (χ3v) is 8.44. The molecule has 3 aliphatic carbocycles. The molecule has 2 heterocycles. The highest BCUT2D eigenvalue weighted by Gasteiger charge is 2.71. The van der Waals surface area contributed by atoms with Gasteiger partial charge in [-0.3, -0.25) is 9.59 Å². The molecular formula is C24H27NO7. The fraction of sp³-hybridized carbons (Fsp3) is 0.542. The van der Waals surface area contributed by atoms with Crippen molar-refractivity contribution < 1.29 is 34.4 Å². The van der Waals surface area contributed by atoms with E-state index in [1.54, 1.807) is 6.08 Å². The van der Waals surface area contributed by atoms with Gasteiger partial charge in [0, 0.05) is 17.8 Å². The Bertz CT molecular complexity index is 1080. The number of rotatable bonds is 5. The monoisotopic (exact) mass is 441 g/mol. The predicted molar refractivity (Wildman–Crippen MR) is 113 cm³/mol. The Morgan fingerprint density at radius 1 is 1.25 bits per heavy atom. The van der Waals surface area contributed by atoms with Gasteiger partial charge in [-0.05, 0) is 62.1 Å². The fourth-order valence-corrected chi connectivity index (χ4v) is 7.09. The van der Waals surface area contributed by atoms with Crippen LogP contribution in [0, 0.1) is 22.7 Å². The quantitative estimate of drug-likeness (QED) is 0.516. The third-order valence-electron chi connectivity index (χ3n) is 8.44. The molecule has 5 aliphatic rings. The van der Waals surface area contributed by atoms with E-state index < -0.39 is 34.4 Å². The van der Waals surface area contributed by atoms with Gasteiger partial charge >= 0.3 is 5.97 Å². The van der Waals surface area contributed by atoms with Crippen molar-refractivity contribution in [3.63, 3.8) is 0 Å². The zero-order valence-corrected chi connectivity index (χ0v) is 18.1. The van der Waals surface area contributed by atoms with E-state index in [0.717, 1.165) is 31.4 Å².